The lowest BCUT2D eigenvalue weighted by Crippen LogP contribution is -2.25. The second kappa shape index (κ2) is 8.39. The second-order valence-electron chi connectivity index (χ2n) is 4.82. The van der Waals surface area contributed by atoms with Gasteiger partial charge in [-0.15, -0.1) is 0 Å². The lowest BCUT2D eigenvalue weighted by Gasteiger charge is -2.12. The largest absolute Gasteiger partial charge is 0.313 e. The van der Waals surface area contributed by atoms with Crippen LogP contribution in [0.15, 0.2) is 23.1 Å². The zero-order chi connectivity index (χ0) is 15.0. The Morgan fingerprint density at radius 3 is 2.45 bits per heavy atom. The summed E-state index contributed by atoms with van der Waals surface area (Å²) in [5, 5.41) is 3.26. The van der Waals surface area contributed by atoms with Gasteiger partial charge in [0.2, 0.25) is 10.0 Å². The summed E-state index contributed by atoms with van der Waals surface area (Å²) >= 11 is 0. The van der Waals surface area contributed by atoms with Gasteiger partial charge in [-0.2, -0.15) is 0 Å². The van der Waals surface area contributed by atoms with Crippen molar-refractivity contribution in [3.63, 3.8) is 0 Å². The van der Waals surface area contributed by atoms with E-state index in [2.05, 4.69) is 17.0 Å². The maximum atomic E-state index is 12.2. The molecule has 4 nitrogen and oxygen atoms in total. The summed E-state index contributed by atoms with van der Waals surface area (Å²) in [6.07, 6.45) is 2.74. The van der Waals surface area contributed by atoms with Crippen molar-refractivity contribution < 1.29 is 8.42 Å². The minimum absolute atomic E-state index is 0.360. The fourth-order valence-corrected chi connectivity index (χ4v) is 3.13. The normalized spacial score (nSPS) is 11.8. The zero-order valence-electron chi connectivity index (χ0n) is 12.7. The van der Waals surface area contributed by atoms with Crippen molar-refractivity contribution >= 4 is 10.0 Å². The number of hydrogen-bond donors (Lipinski definition) is 2. The predicted octanol–water partition coefficient (Wildman–Crippen LogP) is 2.44. The molecule has 5 heteroatoms. The third-order valence-electron chi connectivity index (χ3n) is 3.26. The van der Waals surface area contributed by atoms with Gasteiger partial charge in [-0.3, -0.25) is 0 Å². The van der Waals surface area contributed by atoms with E-state index in [4.69, 9.17) is 0 Å². The Balaban J connectivity index is 2.94. The highest BCUT2D eigenvalue weighted by Crippen LogP contribution is 2.17. The van der Waals surface area contributed by atoms with E-state index >= 15 is 0 Å². The van der Waals surface area contributed by atoms with Crippen LogP contribution in [0.1, 0.15) is 44.7 Å². The lowest BCUT2D eigenvalue weighted by atomic mass is 10.1. The van der Waals surface area contributed by atoms with Crippen LogP contribution in [0.25, 0.3) is 0 Å². The van der Waals surface area contributed by atoms with Crippen LogP contribution in [0.5, 0.6) is 0 Å². The summed E-state index contributed by atoms with van der Waals surface area (Å²) in [5.74, 6) is 0. The Morgan fingerprint density at radius 1 is 1.10 bits per heavy atom. The topological polar surface area (TPSA) is 58.2 Å². The van der Waals surface area contributed by atoms with Crippen LogP contribution in [0.4, 0.5) is 0 Å². The number of benzene rings is 1. The molecule has 2 N–H and O–H groups in total. The molecule has 0 radical (unpaired) electrons. The smallest absolute Gasteiger partial charge is 0.240 e. The summed E-state index contributed by atoms with van der Waals surface area (Å²) in [7, 11) is -3.38. The summed E-state index contributed by atoms with van der Waals surface area (Å²) < 4.78 is 27.1. The minimum Gasteiger partial charge on any atom is -0.313 e. The van der Waals surface area contributed by atoms with E-state index in [0.29, 0.717) is 18.0 Å². The molecule has 0 aliphatic heterocycles. The van der Waals surface area contributed by atoms with Gasteiger partial charge in [0.1, 0.15) is 0 Å². The molecule has 1 rings (SSSR count). The molecule has 1 aromatic carbocycles. The number of nitrogens with one attached hydrogen (secondary N) is 2. The summed E-state index contributed by atoms with van der Waals surface area (Å²) in [4.78, 5) is 0.360. The van der Waals surface area contributed by atoms with Crippen LogP contribution < -0.4 is 10.0 Å². The van der Waals surface area contributed by atoms with Crippen molar-refractivity contribution in [2.75, 3.05) is 13.1 Å². The van der Waals surface area contributed by atoms with Crippen molar-refractivity contribution in [1.82, 2.24) is 10.0 Å². The highest BCUT2D eigenvalue weighted by Gasteiger charge is 2.14. The van der Waals surface area contributed by atoms with E-state index in [1.165, 1.54) is 5.56 Å². The Kier molecular flexibility index (Phi) is 7.19. The lowest BCUT2D eigenvalue weighted by molar-refractivity contribution is 0.578. The van der Waals surface area contributed by atoms with Gasteiger partial charge in [-0.05, 0) is 42.6 Å². The molecule has 0 saturated carbocycles. The van der Waals surface area contributed by atoms with E-state index in [-0.39, 0.29) is 0 Å². The number of hydrogen-bond acceptors (Lipinski definition) is 3. The molecule has 0 fully saturated rings. The van der Waals surface area contributed by atoms with Gasteiger partial charge < -0.3 is 5.32 Å². The maximum absolute atomic E-state index is 12.2. The number of aryl methyl sites for hydroxylation is 1. The van der Waals surface area contributed by atoms with Crippen LogP contribution in [0.3, 0.4) is 0 Å². The molecule has 20 heavy (non-hydrogen) atoms. The van der Waals surface area contributed by atoms with Crippen LogP contribution in [0, 0.1) is 0 Å². The minimum atomic E-state index is -3.38. The Labute approximate surface area is 123 Å². The molecule has 1 aromatic rings. The van der Waals surface area contributed by atoms with Gasteiger partial charge in [-0.1, -0.05) is 33.3 Å². The first-order valence-corrected chi connectivity index (χ1v) is 8.85. The van der Waals surface area contributed by atoms with E-state index in [9.17, 15) is 8.42 Å². The molecule has 0 aliphatic rings. The Bertz CT molecular complexity index is 513. The first kappa shape index (κ1) is 17.1. The molecule has 0 unspecified atom stereocenters. The SMILES string of the molecule is CCCCNS(=O)(=O)c1ccc(CC)c(CNCC)c1. The average Bonchev–Trinajstić information content (AvgIpc) is 2.44. The molecule has 0 bridgehead atoms. The molecule has 0 atom stereocenters. The summed E-state index contributed by atoms with van der Waals surface area (Å²) in [5.41, 5.74) is 2.26. The fraction of sp³-hybridized carbons (Fsp3) is 0.600. The van der Waals surface area contributed by atoms with Crippen molar-refractivity contribution in [3.8, 4) is 0 Å². The molecule has 0 aromatic heterocycles. The highest BCUT2D eigenvalue weighted by molar-refractivity contribution is 7.89. The molecule has 114 valence electrons. The molecule has 0 aliphatic carbocycles. The Morgan fingerprint density at radius 2 is 1.85 bits per heavy atom. The summed E-state index contributed by atoms with van der Waals surface area (Å²) in [6.45, 7) is 8.24. The highest BCUT2D eigenvalue weighted by atomic mass is 32.2. The van der Waals surface area contributed by atoms with Crippen molar-refractivity contribution in [3.05, 3.63) is 29.3 Å². The first-order chi connectivity index (χ1) is 9.55. The third-order valence-corrected chi connectivity index (χ3v) is 4.72. The van der Waals surface area contributed by atoms with Crippen molar-refractivity contribution in [1.29, 1.82) is 0 Å². The van der Waals surface area contributed by atoms with E-state index in [0.717, 1.165) is 31.4 Å². The van der Waals surface area contributed by atoms with Crippen LogP contribution in [0.2, 0.25) is 0 Å². The van der Waals surface area contributed by atoms with Crippen molar-refractivity contribution in [2.24, 2.45) is 0 Å². The number of unbranched alkanes of at least 4 members (excludes halogenated alkanes) is 1. The third kappa shape index (κ3) is 4.89. The standard InChI is InChI=1S/C15H26N2O2S/c1-4-7-10-17-20(18,19)15-9-8-13(5-2)14(11-15)12-16-6-3/h8-9,11,16-17H,4-7,10,12H2,1-3H3. The summed E-state index contributed by atoms with van der Waals surface area (Å²) in [6, 6.07) is 5.40. The van der Waals surface area contributed by atoms with Crippen LogP contribution in [-0.2, 0) is 23.0 Å². The van der Waals surface area contributed by atoms with Gasteiger partial charge in [0.25, 0.3) is 0 Å². The monoisotopic (exact) mass is 298 g/mol. The molecule has 0 spiro atoms. The Hall–Kier alpha value is -0.910. The maximum Gasteiger partial charge on any atom is 0.240 e. The predicted molar refractivity (Wildman–Crippen MR) is 83.3 cm³/mol. The number of sulfonamides is 1. The number of rotatable bonds is 9. The molecule has 0 heterocycles. The van der Waals surface area contributed by atoms with Gasteiger partial charge in [0, 0.05) is 13.1 Å². The van der Waals surface area contributed by atoms with Gasteiger partial charge in [-0.25, -0.2) is 13.1 Å². The van der Waals surface area contributed by atoms with E-state index < -0.39 is 10.0 Å². The van der Waals surface area contributed by atoms with Crippen LogP contribution in [-0.4, -0.2) is 21.5 Å². The molecule has 0 amide bonds. The molecular weight excluding hydrogens is 272 g/mol. The van der Waals surface area contributed by atoms with Gasteiger partial charge in [0.15, 0.2) is 0 Å². The first-order valence-electron chi connectivity index (χ1n) is 7.37. The van der Waals surface area contributed by atoms with E-state index in [1.807, 2.05) is 19.9 Å². The zero-order valence-corrected chi connectivity index (χ0v) is 13.5. The molecule has 0 saturated heterocycles. The van der Waals surface area contributed by atoms with Crippen molar-refractivity contribution in [2.45, 2.75) is 51.5 Å². The van der Waals surface area contributed by atoms with E-state index in [1.54, 1.807) is 12.1 Å². The second-order valence-corrected chi connectivity index (χ2v) is 6.58. The van der Waals surface area contributed by atoms with Crippen LogP contribution >= 0.6 is 0 Å². The quantitative estimate of drug-likeness (QED) is 0.688. The molecular formula is C15H26N2O2S. The van der Waals surface area contributed by atoms with Gasteiger partial charge >= 0.3 is 0 Å². The van der Waals surface area contributed by atoms with Gasteiger partial charge in [0.05, 0.1) is 4.90 Å². The average molecular weight is 298 g/mol. The fourth-order valence-electron chi connectivity index (χ4n) is 2.01.